The van der Waals surface area contributed by atoms with E-state index in [0.717, 1.165) is 4.57 Å². The van der Waals surface area contributed by atoms with Crippen LogP contribution in [0.3, 0.4) is 0 Å². The van der Waals surface area contributed by atoms with Crippen LogP contribution in [0.15, 0.2) is 50.5 Å². The Morgan fingerprint density at radius 1 is 1.16 bits per heavy atom. The fourth-order valence-corrected chi connectivity index (χ4v) is 3.45. The summed E-state index contributed by atoms with van der Waals surface area (Å²) in [5.41, 5.74) is 0.135. The first-order valence-corrected chi connectivity index (χ1v) is 9.75. The Balaban J connectivity index is 1.42. The van der Waals surface area contributed by atoms with Crippen molar-refractivity contribution in [1.29, 1.82) is 0 Å². The average molecular weight is 422 g/mol. The van der Waals surface area contributed by atoms with Crippen LogP contribution in [0, 0.1) is 0 Å². The van der Waals surface area contributed by atoms with Crippen LogP contribution in [0.1, 0.15) is 12.8 Å². The number of nitrogens with one attached hydrogen (secondary N) is 1. The molecule has 158 valence electrons. The molecule has 0 fully saturated rings. The van der Waals surface area contributed by atoms with Crippen LogP contribution in [0.25, 0.3) is 22.3 Å². The highest BCUT2D eigenvalue weighted by molar-refractivity contribution is 5.81. The highest BCUT2D eigenvalue weighted by Gasteiger charge is 2.18. The maximum Gasteiger partial charge on any atom is 0.328 e. The summed E-state index contributed by atoms with van der Waals surface area (Å²) in [6.07, 6.45) is 0.211. The maximum absolute atomic E-state index is 12.9. The zero-order valence-electron chi connectivity index (χ0n) is 16.6. The lowest BCUT2D eigenvalue weighted by molar-refractivity contribution is 0.174. The van der Waals surface area contributed by atoms with E-state index >= 15 is 0 Å². The van der Waals surface area contributed by atoms with E-state index in [1.165, 1.54) is 0 Å². The third kappa shape index (κ3) is 3.41. The van der Waals surface area contributed by atoms with Gasteiger partial charge in [0, 0.05) is 19.0 Å². The Labute approximate surface area is 175 Å². The molecule has 0 amide bonds. The fourth-order valence-electron chi connectivity index (χ4n) is 3.45. The first kappa shape index (κ1) is 18.9. The molecule has 0 spiro atoms. The van der Waals surface area contributed by atoms with E-state index in [4.69, 9.17) is 18.7 Å². The predicted octanol–water partition coefficient (Wildman–Crippen LogP) is 2.11. The summed E-state index contributed by atoms with van der Waals surface area (Å²) < 4.78 is 22.6. The van der Waals surface area contributed by atoms with Gasteiger partial charge >= 0.3 is 5.69 Å². The minimum atomic E-state index is -0.530. The first-order valence-electron chi connectivity index (χ1n) is 9.75. The van der Waals surface area contributed by atoms with Crippen LogP contribution in [0.2, 0.25) is 0 Å². The number of H-pyrrole nitrogens is 1. The van der Waals surface area contributed by atoms with Gasteiger partial charge < -0.3 is 23.7 Å². The molecule has 31 heavy (non-hydrogen) atoms. The van der Waals surface area contributed by atoms with E-state index in [9.17, 15) is 9.59 Å². The number of ether oxygens (including phenoxy) is 3. The molecular formula is C21H18N4O6. The molecule has 5 rings (SSSR count). The van der Waals surface area contributed by atoms with E-state index < -0.39 is 11.2 Å². The molecule has 1 aliphatic rings. The van der Waals surface area contributed by atoms with E-state index in [1.54, 1.807) is 12.1 Å². The van der Waals surface area contributed by atoms with Crippen LogP contribution >= 0.6 is 0 Å². The number of para-hydroxylation sites is 1. The largest absolute Gasteiger partial charge is 0.493 e. The summed E-state index contributed by atoms with van der Waals surface area (Å²) in [4.78, 5) is 32.4. The molecule has 2 aromatic heterocycles. The van der Waals surface area contributed by atoms with Crippen LogP contribution in [0.5, 0.6) is 17.2 Å². The Morgan fingerprint density at radius 2 is 1.97 bits per heavy atom. The fraction of sp³-hybridized carbons (Fsp3) is 0.238. The van der Waals surface area contributed by atoms with E-state index in [1.807, 2.05) is 31.2 Å². The van der Waals surface area contributed by atoms with Gasteiger partial charge in [0.25, 0.3) is 5.56 Å². The standard InChI is InChI=1S/C21H18N4O6/c1-2-28-15-6-4-3-5-12(15)19-23-18(31-24-19)7-8-25-20(26)13-9-16-17(30-11-29-16)10-14(13)22-21(25)27/h3-6,9-10H,2,7-8,11H2,1H3,(H,22,27). The van der Waals surface area contributed by atoms with Crippen molar-refractivity contribution in [1.82, 2.24) is 19.7 Å². The first-order chi connectivity index (χ1) is 15.1. The van der Waals surface area contributed by atoms with Gasteiger partial charge in [-0.15, -0.1) is 0 Å². The van der Waals surface area contributed by atoms with Crippen molar-refractivity contribution >= 4 is 10.9 Å². The van der Waals surface area contributed by atoms with Crippen molar-refractivity contribution in [3.63, 3.8) is 0 Å². The van der Waals surface area contributed by atoms with Crippen molar-refractivity contribution in [3.05, 3.63) is 63.1 Å². The Bertz CT molecular complexity index is 1390. The number of hydrogen-bond donors (Lipinski definition) is 1. The van der Waals surface area contributed by atoms with Gasteiger partial charge in [0.05, 0.1) is 23.1 Å². The van der Waals surface area contributed by atoms with Gasteiger partial charge in [-0.1, -0.05) is 17.3 Å². The molecule has 2 aromatic carbocycles. The second-order valence-electron chi connectivity index (χ2n) is 6.83. The monoisotopic (exact) mass is 422 g/mol. The molecule has 0 bridgehead atoms. The number of aryl methyl sites for hydroxylation is 1. The second-order valence-corrected chi connectivity index (χ2v) is 6.83. The summed E-state index contributed by atoms with van der Waals surface area (Å²) in [6, 6.07) is 10.5. The summed E-state index contributed by atoms with van der Waals surface area (Å²) in [5.74, 6) is 2.30. The zero-order valence-corrected chi connectivity index (χ0v) is 16.6. The van der Waals surface area contributed by atoms with Gasteiger partial charge in [0.1, 0.15) is 5.75 Å². The molecule has 0 atom stereocenters. The van der Waals surface area contributed by atoms with Gasteiger partial charge in [-0.25, -0.2) is 4.79 Å². The number of fused-ring (bicyclic) bond motifs is 2. The van der Waals surface area contributed by atoms with Crippen molar-refractivity contribution in [2.75, 3.05) is 13.4 Å². The third-order valence-corrected chi connectivity index (χ3v) is 4.92. The number of aromatic amines is 1. The van der Waals surface area contributed by atoms with Gasteiger partial charge in [-0.3, -0.25) is 9.36 Å². The zero-order chi connectivity index (χ0) is 21.4. The molecule has 1 aliphatic heterocycles. The van der Waals surface area contributed by atoms with Crippen LogP contribution in [-0.2, 0) is 13.0 Å². The predicted molar refractivity (Wildman–Crippen MR) is 110 cm³/mol. The minimum Gasteiger partial charge on any atom is -0.493 e. The Kier molecular flexibility index (Phi) is 4.66. The molecule has 0 aliphatic carbocycles. The molecule has 0 saturated carbocycles. The average Bonchev–Trinajstić information content (AvgIpc) is 3.42. The van der Waals surface area contributed by atoms with Crippen LogP contribution in [0.4, 0.5) is 0 Å². The highest BCUT2D eigenvalue weighted by Crippen LogP contribution is 2.34. The summed E-state index contributed by atoms with van der Waals surface area (Å²) in [7, 11) is 0. The van der Waals surface area contributed by atoms with E-state index in [-0.39, 0.29) is 19.8 Å². The molecule has 0 saturated heterocycles. The van der Waals surface area contributed by atoms with Gasteiger partial charge in [0.2, 0.25) is 18.5 Å². The Morgan fingerprint density at radius 3 is 2.81 bits per heavy atom. The lowest BCUT2D eigenvalue weighted by Crippen LogP contribution is -2.35. The van der Waals surface area contributed by atoms with E-state index in [2.05, 4.69) is 15.1 Å². The smallest absolute Gasteiger partial charge is 0.328 e. The molecule has 1 N–H and O–H groups in total. The molecule has 3 heterocycles. The van der Waals surface area contributed by atoms with Crippen molar-refractivity contribution in [2.45, 2.75) is 19.9 Å². The quantitative estimate of drug-likeness (QED) is 0.501. The lowest BCUT2D eigenvalue weighted by Gasteiger charge is -2.06. The molecule has 10 nitrogen and oxygen atoms in total. The van der Waals surface area contributed by atoms with Crippen molar-refractivity contribution in [3.8, 4) is 28.6 Å². The minimum absolute atomic E-state index is 0.0767. The molecule has 10 heteroatoms. The molecule has 4 aromatic rings. The SMILES string of the molecule is CCOc1ccccc1-c1noc(CCn2c(=O)[nH]c3cc4c(cc3c2=O)OCO4)n1. The second kappa shape index (κ2) is 7.63. The number of hydrogen-bond acceptors (Lipinski definition) is 8. The normalized spacial score (nSPS) is 12.4. The number of rotatable bonds is 6. The highest BCUT2D eigenvalue weighted by atomic mass is 16.7. The van der Waals surface area contributed by atoms with Gasteiger partial charge in [-0.2, -0.15) is 4.98 Å². The summed E-state index contributed by atoms with van der Waals surface area (Å²) in [6.45, 7) is 2.56. The number of aromatic nitrogens is 4. The maximum atomic E-state index is 12.9. The molecule has 0 radical (unpaired) electrons. The van der Waals surface area contributed by atoms with Gasteiger partial charge in [-0.05, 0) is 25.1 Å². The van der Waals surface area contributed by atoms with Crippen molar-refractivity contribution in [2.24, 2.45) is 0 Å². The third-order valence-electron chi connectivity index (χ3n) is 4.92. The summed E-state index contributed by atoms with van der Waals surface area (Å²) >= 11 is 0. The van der Waals surface area contributed by atoms with Crippen LogP contribution in [-0.4, -0.2) is 33.1 Å². The molecular weight excluding hydrogens is 404 g/mol. The van der Waals surface area contributed by atoms with E-state index in [0.29, 0.717) is 52.0 Å². The number of benzene rings is 2. The van der Waals surface area contributed by atoms with Crippen molar-refractivity contribution < 1.29 is 18.7 Å². The summed E-state index contributed by atoms with van der Waals surface area (Å²) in [5, 5.41) is 4.34. The lowest BCUT2D eigenvalue weighted by atomic mass is 10.2. The topological polar surface area (TPSA) is 121 Å². The van der Waals surface area contributed by atoms with Crippen LogP contribution < -0.4 is 25.5 Å². The Hall–Kier alpha value is -4.08. The number of nitrogens with zero attached hydrogens (tertiary/aromatic N) is 3. The molecule has 0 unspecified atom stereocenters. The van der Waals surface area contributed by atoms with Gasteiger partial charge in [0.15, 0.2) is 11.5 Å².